The van der Waals surface area contributed by atoms with E-state index in [1.54, 1.807) is 0 Å². The summed E-state index contributed by atoms with van der Waals surface area (Å²) < 4.78 is 5.37. The second kappa shape index (κ2) is 6.94. The Balaban J connectivity index is 1.88. The first-order valence-corrected chi connectivity index (χ1v) is 7.55. The molecule has 0 atom stereocenters. The molecule has 0 unspecified atom stereocenters. The summed E-state index contributed by atoms with van der Waals surface area (Å²) in [5.74, 6) is 0. The Morgan fingerprint density at radius 2 is 1.81 bits per heavy atom. The molecule has 116 valence electrons. The maximum absolute atomic E-state index is 5.45. The van der Waals surface area contributed by atoms with Gasteiger partial charge < -0.3 is 14.5 Å². The number of ether oxygens (including phenoxy) is 1. The van der Waals surface area contributed by atoms with Crippen molar-refractivity contribution in [3.8, 4) is 0 Å². The highest BCUT2D eigenvalue weighted by molar-refractivity contribution is 5.86. The van der Waals surface area contributed by atoms with Crippen LogP contribution in [-0.4, -0.2) is 32.0 Å². The number of benzene rings is 1. The van der Waals surface area contributed by atoms with Gasteiger partial charge in [-0.25, -0.2) is 0 Å². The minimum absolute atomic E-state index is 0.0557. The van der Waals surface area contributed by atoms with Gasteiger partial charge in [-0.3, -0.25) is 0 Å². The summed E-state index contributed by atoms with van der Waals surface area (Å²) in [6.45, 7) is 12.5. The van der Waals surface area contributed by atoms with E-state index in [0.717, 1.165) is 37.6 Å². The van der Waals surface area contributed by atoms with Gasteiger partial charge in [0.15, 0.2) is 0 Å². The molecule has 0 aromatic heterocycles. The molecule has 0 N–H and O–H groups in total. The zero-order valence-electron chi connectivity index (χ0n) is 13.6. The first-order valence-electron chi connectivity index (χ1n) is 7.55. The molecule has 1 aromatic rings. The lowest BCUT2D eigenvalue weighted by Gasteiger charge is -2.28. The molecule has 0 radical (unpaired) electrons. The Bertz CT molecular complexity index is 469. The van der Waals surface area contributed by atoms with Crippen LogP contribution in [0.25, 0.3) is 0 Å². The molecule has 4 heteroatoms. The van der Waals surface area contributed by atoms with Crippen LogP contribution in [0.3, 0.4) is 0 Å². The molecule has 0 saturated carbocycles. The van der Waals surface area contributed by atoms with Gasteiger partial charge in [-0.15, -0.1) is 0 Å². The summed E-state index contributed by atoms with van der Waals surface area (Å²) in [5.41, 5.74) is 3.45. The fraction of sp³-hybridized carbons (Fsp3) is 0.588. The van der Waals surface area contributed by atoms with E-state index in [-0.39, 0.29) is 5.41 Å². The lowest BCUT2D eigenvalue weighted by atomic mass is 9.91. The maximum Gasteiger partial charge on any atom is 0.142 e. The van der Waals surface area contributed by atoms with E-state index in [1.165, 1.54) is 5.69 Å². The Morgan fingerprint density at radius 1 is 1.19 bits per heavy atom. The highest BCUT2D eigenvalue weighted by atomic mass is 16.6. The van der Waals surface area contributed by atoms with E-state index in [0.29, 0.717) is 6.61 Å². The molecular formula is C17H26N2O2. The molecule has 4 nitrogen and oxygen atoms in total. The van der Waals surface area contributed by atoms with Gasteiger partial charge in [0, 0.05) is 24.2 Å². The molecule has 1 aromatic carbocycles. The van der Waals surface area contributed by atoms with Crippen molar-refractivity contribution in [3.05, 3.63) is 29.8 Å². The average molecular weight is 290 g/mol. The first kappa shape index (κ1) is 15.8. The van der Waals surface area contributed by atoms with E-state index in [9.17, 15) is 0 Å². The van der Waals surface area contributed by atoms with Gasteiger partial charge in [-0.2, -0.15) is 0 Å². The summed E-state index contributed by atoms with van der Waals surface area (Å²) in [4.78, 5) is 7.79. The van der Waals surface area contributed by atoms with Crippen LogP contribution < -0.4 is 4.90 Å². The van der Waals surface area contributed by atoms with Gasteiger partial charge in [-0.05, 0) is 24.6 Å². The Hall–Kier alpha value is -1.55. The second-order valence-corrected chi connectivity index (χ2v) is 6.47. The molecule has 0 spiro atoms. The summed E-state index contributed by atoms with van der Waals surface area (Å²) in [6, 6.07) is 8.49. The third-order valence-corrected chi connectivity index (χ3v) is 3.83. The van der Waals surface area contributed by atoms with Gasteiger partial charge in [-0.1, -0.05) is 38.1 Å². The predicted octanol–water partition coefficient (Wildman–Crippen LogP) is 3.46. The van der Waals surface area contributed by atoms with Crippen LogP contribution in [0, 0.1) is 5.41 Å². The zero-order chi connectivity index (χ0) is 15.3. The lowest BCUT2D eigenvalue weighted by Crippen LogP contribution is -2.36. The monoisotopic (exact) mass is 290 g/mol. The van der Waals surface area contributed by atoms with Gasteiger partial charge in [0.1, 0.15) is 6.61 Å². The quantitative estimate of drug-likeness (QED) is 0.629. The van der Waals surface area contributed by atoms with E-state index >= 15 is 0 Å². The average Bonchev–Trinajstić information content (AvgIpc) is 2.48. The second-order valence-electron chi connectivity index (χ2n) is 6.47. The van der Waals surface area contributed by atoms with Crippen LogP contribution in [0.4, 0.5) is 5.69 Å². The van der Waals surface area contributed by atoms with E-state index in [4.69, 9.17) is 9.57 Å². The van der Waals surface area contributed by atoms with Crippen molar-refractivity contribution in [2.75, 3.05) is 31.2 Å². The molecule has 1 aliphatic heterocycles. The summed E-state index contributed by atoms with van der Waals surface area (Å²) in [5, 5.41) is 4.19. The summed E-state index contributed by atoms with van der Waals surface area (Å²) >= 11 is 0. The van der Waals surface area contributed by atoms with Gasteiger partial charge in [0.05, 0.1) is 18.9 Å². The fourth-order valence-electron chi connectivity index (χ4n) is 1.97. The van der Waals surface area contributed by atoms with Crippen molar-refractivity contribution >= 4 is 11.4 Å². The van der Waals surface area contributed by atoms with Gasteiger partial charge >= 0.3 is 0 Å². The van der Waals surface area contributed by atoms with Crippen molar-refractivity contribution in [2.24, 2.45) is 10.6 Å². The number of hydrogen-bond acceptors (Lipinski definition) is 4. The van der Waals surface area contributed by atoms with Crippen LogP contribution in [0.2, 0.25) is 0 Å². The molecule has 1 heterocycles. The molecule has 0 aliphatic carbocycles. The number of morpholine rings is 1. The summed E-state index contributed by atoms with van der Waals surface area (Å²) in [6.07, 6.45) is 0. The molecule has 2 rings (SSSR count). The van der Waals surface area contributed by atoms with Crippen molar-refractivity contribution < 1.29 is 9.57 Å². The van der Waals surface area contributed by atoms with Crippen LogP contribution in [0.15, 0.2) is 29.4 Å². The molecule has 0 amide bonds. The van der Waals surface area contributed by atoms with E-state index in [2.05, 4.69) is 55.1 Å². The van der Waals surface area contributed by atoms with Crippen molar-refractivity contribution in [2.45, 2.75) is 34.3 Å². The highest BCUT2D eigenvalue weighted by Crippen LogP contribution is 2.18. The third-order valence-electron chi connectivity index (χ3n) is 3.83. The number of anilines is 1. The summed E-state index contributed by atoms with van der Waals surface area (Å²) in [7, 11) is 0. The molecule has 1 aliphatic rings. The molecule has 21 heavy (non-hydrogen) atoms. The topological polar surface area (TPSA) is 34.1 Å². The first-order chi connectivity index (χ1) is 9.97. The third kappa shape index (κ3) is 4.74. The minimum atomic E-state index is 0.0557. The standard InChI is InChI=1S/C17H26N2O2/c1-14(17(2,3)4)18-21-13-15-5-7-16(8-6-15)19-9-11-20-12-10-19/h5-8H,9-13H2,1-4H3/b18-14+. The number of oxime groups is 1. The smallest absolute Gasteiger partial charge is 0.142 e. The normalized spacial score (nSPS) is 17.0. The van der Waals surface area contributed by atoms with Crippen LogP contribution in [0.1, 0.15) is 33.3 Å². The van der Waals surface area contributed by atoms with E-state index in [1.807, 2.05) is 6.92 Å². The largest absolute Gasteiger partial charge is 0.391 e. The number of hydrogen-bond donors (Lipinski definition) is 0. The predicted molar refractivity (Wildman–Crippen MR) is 86.8 cm³/mol. The van der Waals surface area contributed by atoms with E-state index < -0.39 is 0 Å². The molecule has 1 saturated heterocycles. The van der Waals surface area contributed by atoms with Crippen molar-refractivity contribution in [3.63, 3.8) is 0 Å². The van der Waals surface area contributed by atoms with Crippen LogP contribution in [0.5, 0.6) is 0 Å². The Kier molecular flexibility index (Phi) is 5.23. The minimum Gasteiger partial charge on any atom is -0.391 e. The lowest BCUT2D eigenvalue weighted by molar-refractivity contribution is 0.122. The number of rotatable bonds is 4. The SMILES string of the molecule is C/C(=N\OCc1ccc(N2CCOCC2)cc1)C(C)(C)C. The zero-order valence-corrected chi connectivity index (χ0v) is 13.6. The maximum atomic E-state index is 5.45. The molecular weight excluding hydrogens is 264 g/mol. The van der Waals surface area contributed by atoms with Crippen molar-refractivity contribution in [1.82, 2.24) is 0 Å². The Labute approximate surface area is 127 Å². The molecule has 1 fully saturated rings. The Morgan fingerprint density at radius 3 is 2.38 bits per heavy atom. The van der Waals surface area contributed by atoms with Gasteiger partial charge in [0.2, 0.25) is 0 Å². The highest BCUT2D eigenvalue weighted by Gasteiger charge is 2.14. The van der Waals surface area contributed by atoms with Crippen LogP contribution in [-0.2, 0) is 16.2 Å². The van der Waals surface area contributed by atoms with Gasteiger partial charge in [0.25, 0.3) is 0 Å². The van der Waals surface area contributed by atoms with Crippen LogP contribution >= 0.6 is 0 Å². The number of nitrogens with zero attached hydrogens (tertiary/aromatic N) is 2. The molecule has 0 bridgehead atoms. The van der Waals surface area contributed by atoms with Crippen molar-refractivity contribution in [1.29, 1.82) is 0 Å². The fourth-order valence-corrected chi connectivity index (χ4v) is 1.97.